The van der Waals surface area contributed by atoms with Crippen molar-refractivity contribution in [3.8, 4) is 5.75 Å². The molecule has 0 radical (unpaired) electrons. The Morgan fingerprint density at radius 2 is 0.816 bits per heavy atom. The normalized spacial score (nSPS) is 11.2. The van der Waals surface area contributed by atoms with E-state index in [9.17, 15) is 9.59 Å². The summed E-state index contributed by atoms with van der Waals surface area (Å²) in [5.74, 6) is 0.555. The molecule has 284 valence electrons. The summed E-state index contributed by atoms with van der Waals surface area (Å²) < 4.78 is 59.9. The Morgan fingerprint density at radius 1 is 0.469 bits per heavy atom. The average Bonchev–Trinajstić information content (AvgIpc) is 3.12. The minimum absolute atomic E-state index is 0.147. The van der Waals surface area contributed by atoms with Crippen LogP contribution in [0.1, 0.15) is 62.2 Å². The van der Waals surface area contributed by atoms with Gasteiger partial charge < -0.3 is 52.1 Å². The van der Waals surface area contributed by atoms with Crippen LogP contribution in [0.5, 0.6) is 5.75 Å². The molecule has 0 aliphatic carbocycles. The maximum atomic E-state index is 11.7. The average molecular weight is 703 g/mol. The van der Waals surface area contributed by atoms with Gasteiger partial charge in [-0.1, -0.05) is 39.0 Å². The van der Waals surface area contributed by atoms with Crippen molar-refractivity contribution in [1.82, 2.24) is 0 Å². The van der Waals surface area contributed by atoms with Crippen molar-refractivity contribution in [2.24, 2.45) is 0 Å². The molecule has 1 aromatic carbocycles. The van der Waals surface area contributed by atoms with Crippen molar-refractivity contribution in [3.05, 3.63) is 29.8 Å². The third-order valence-electron chi connectivity index (χ3n) is 6.71. The number of carbonyl (C=O) groups excluding carboxylic acids is 2. The van der Waals surface area contributed by atoms with Crippen molar-refractivity contribution in [2.75, 3.05) is 132 Å². The Labute approximate surface area is 293 Å². The van der Waals surface area contributed by atoms with Crippen molar-refractivity contribution in [3.63, 3.8) is 0 Å². The summed E-state index contributed by atoms with van der Waals surface area (Å²) in [6.07, 6.45) is 8.20. The molecule has 0 spiro atoms. The van der Waals surface area contributed by atoms with E-state index in [4.69, 9.17) is 52.1 Å². The highest BCUT2D eigenvalue weighted by Gasteiger charge is 2.03. The molecule has 0 saturated carbocycles. The second kappa shape index (κ2) is 37.1. The lowest BCUT2D eigenvalue weighted by Crippen LogP contribution is -2.15. The predicted octanol–water partition coefficient (Wildman–Crippen LogP) is 4.32. The Kier molecular flexibility index (Phi) is 33.9. The molecule has 13 heteroatoms. The van der Waals surface area contributed by atoms with Crippen LogP contribution in [-0.2, 0) is 52.2 Å². The maximum Gasteiger partial charge on any atom is 0.305 e. The Balaban J connectivity index is 1.65. The number of hydrogen-bond acceptors (Lipinski definition) is 13. The van der Waals surface area contributed by atoms with E-state index in [0.717, 1.165) is 19.1 Å². The van der Waals surface area contributed by atoms with E-state index in [1.165, 1.54) is 25.7 Å². The summed E-state index contributed by atoms with van der Waals surface area (Å²) in [6.45, 7) is 11.5. The lowest BCUT2D eigenvalue weighted by Gasteiger charge is -2.09. The molecule has 0 unspecified atom stereocenters. The van der Waals surface area contributed by atoms with Gasteiger partial charge in [-0.05, 0) is 30.7 Å². The first kappa shape index (κ1) is 44.8. The van der Waals surface area contributed by atoms with Crippen LogP contribution >= 0.6 is 0 Å². The molecule has 0 fully saturated rings. The summed E-state index contributed by atoms with van der Waals surface area (Å²) in [7, 11) is 0. The van der Waals surface area contributed by atoms with E-state index in [0.29, 0.717) is 143 Å². The highest BCUT2D eigenvalue weighted by Crippen LogP contribution is 2.10. The Bertz CT molecular complexity index is 841. The fourth-order valence-electron chi connectivity index (χ4n) is 4.06. The molecule has 0 bridgehead atoms. The number of carbonyl (C=O) groups is 2. The van der Waals surface area contributed by atoms with Crippen LogP contribution in [0.15, 0.2) is 24.3 Å². The predicted molar refractivity (Wildman–Crippen MR) is 184 cm³/mol. The quantitative estimate of drug-likeness (QED) is 0.0548. The zero-order chi connectivity index (χ0) is 35.1. The number of rotatable bonds is 39. The van der Waals surface area contributed by atoms with Crippen LogP contribution < -0.4 is 4.74 Å². The number of esters is 1. The van der Waals surface area contributed by atoms with Crippen LogP contribution in [0.2, 0.25) is 0 Å². The number of unbranched alkanes of at least 4 members (excludes halogenated alkanes) is 5. The molecule has 1 rings (SSSR count). The fourth-order valence-corrected chi connectivity index (χ4v) is 4.06. The van der Waals surface area contributed by atoms with Gasteiger partial charge in [0, 0.05) is 12.0 Å². The maximum absolute atomic E-state index is 11.7. The minimum atomic E-state index is -0.147. The molecule has 1 aromatic rings. The molecule has 0 heterocycles. The summed E-state index contributed by atoms with van der Waals surface area (Å²) >= 11 is 0. The van der Waals surface area contributed by atoms with Gasteiger partial charge in [0.15, 0.2) is 0 Å². The first-order chi connectivity index (χ1) is 24.3. The number of hydrogen-bond donors (Lipinski definition) is 0. The molecule has 0 atom stereocenters. The van der Waals surface area contributed by atoms with Crippen LogP contribution in [-0.4, -0.2) is 144 Å². The molecule has 0 amide bonds. The van der Waals surface area contributed by atoms with E-state index in [1.54, 1.807) is 24.3 Å². The van der Waals surface area contributed by atoms with E-state index >= 15 is 0 Å². The van der Waals surface area contributed by atoms with Gasteiger partial charge in [0.1, 0.15) is 25.2 Å². The number of benzene rings is 1. The van der Waals surface area contributed by atoms with Gasteiger partial charge >= 0.3 is 5.97 Å². The highest BCUT2D eigenvalue weighted by atomic mass is 16.6. The van der Waals surface area contributed by atoms with E-state index in [2.05, 4.69) is 6.92 Å². The molecule has 0 aliphatic heterocycles. The number of ether oxygens (including phenoxy) is 11. The van der Waals surface area contributed by atoms with Crippen molar-refractivity contribution >= 4 is 12.3 Å². The van der Waals surface area contributed by atoms with Crippen molar-refractivity contribution in [1.29, 1.82) is 0 Å². The molecule has 49 heavy (non-hydrogen) atoms. The standard InChI is InChI=1S/C36H62O13/c1-2-3-4-5-6-7-8-36(38)49-32-30-47-28-26-45-24-22-43-20-18-41-16-14-39-13-15-40-17-19-42-21-23-44-25-27-46-29-31-48-35-11-9-34(33-37)10-12-35/h9-12,33H,2-8,13-32H2,1H3. The monoisotopic (exact) mass is 702 g/mol. The van der Waals surface area contributed by atoms with Crippen LogP contribution in [0, 0.1) is 0 Å². The lowest BCUT2D eigenvalue weighted by molar-refractivity contribution is -0.145. The molecule has 13 nitrogen and oxygen atoms in total. The summed E-state index contributed by atoms with van der Waals surface area (Å²) in [5.41, 5.74) is 0.616. The second-order valence-corrected chi connectivity index (χ2v) is 10.8. The summed E-state index contributed by atoms with van der Waals surface area (Å²) in [6, 6.07) is 6.93. The Hall–Kier alpha value is -2.20. The van der Waals surface area contributed by atoms with Gasteiger partial charge in [-0.2, -0.15) is 0 Å². The molecular formula is C36H62O13. The fraction of sp³-hybridized carbons (Fsp3) is 0.778. The zero-order valence-electron chi connectivity index (χ0n) is 29.8. The third-order valence-corrected chi connectivity index (χ3v) is 6.71. The third kappa shape index (κ3) is 32.7. The second-order valence-electron chi connectivity index (χ2n) is 10.8. The Morgan fingerprint density at radius 3 is 1.20 bits per heavy atom. The SMILES string of the molecule is CCCCCCCCC(=O)OCCOCCOCCOCCOCCOCCOCCOCCOCCOCCOc1ccc(C=O)cc1. The van der Waals surface area contributed by atoms with Gasteiger partial charge in [0.2, 0.25) is 0 Å². The molecule has 0 saturated heterocycles. The van der Waals surface area contributed by atoms with Crippen LogP contribution in [0.4, 0.5) is 0 Å². The smallest absolute Gasteiger partial charge is 0.305 e. The highest BCUT2D eigenvalue weighted by molar-refractivity contribution is 5.74. The molecular weight excluding hydrogens is 640 g/mol. The largest absolute Gasteiger partial charge is 0.491 e. The minimum Gasteiger partial charge on any atom is -0.491 e. The van der Waals surface area contributed by atoms with E-state index in [-0.39, 0.29) is 12.6 Å². The number of aldehydes is 1. The molecule has 0 aliphatic rings. The van der Waals surface area contributed by atoms with Crippen molar-refractivity contribution < 1.29 is 61.7 Å². The van der Waals surface area contributed by atoms with Gasteiger partial charge in [0.25, 0.3) is 0 Å². The van der Waals surface area contributed by atoms with Gasteiger partial charge in [0.05, 0.1) is 119 Å². The van der Waals surface area contributed by atoms with Crippen LogP contribution in [0.3, 0.4) is 0 Å². The van der Waals surface area contributed by atoms with Gasteiger partial charge in [-0.15, -0.1) is 0 Å². The summed E-state index contributed by atoms with van der Waals surface area (Å²) in [5, 5.41) is 0. The first-order valence-electron chi connectivity index (χ1n) is 17.8. The first-order valence-corrected chi connectivity index (χ1v) is 17.8. The molecule has 0 aromatic heterocycles. The van der Waals surface area contributed by atoms with Crippen molar-refractivity contribution in [2.45, 2.75) is 51.9 Å². The van der Waals surface area contributed by atoms with Gasteiger partial charge in [-0.3, -0.25) is 9.59 Å². The van der Waals surface area contributed by atoms with Crippen LogP contribution in [0.25, 0.3) is 0 Å². The zero-order valence-corrected chi connectivity index (χ0v) is 29.8. The summed E-state index contributed by atoms with van der Waals surface area (Å²) in [4.78, 5) is 22.3. The van der Waals surface area contributed by atoms with E-state index < -0.39 is 0 Å². The van der Waals surface area contributed by atoms with E-state index in [1.807, 2.05) is 0 Å². The van der Waals surface area contributed by atoms with Gasteiger partial charge in [-0.25, -0.2) is 0 Å². The lowest BCUT2D eigenvalue weighted by atomic mass is 10.1. The molecule has 0 N–H and O–H groups in total. The topological polar surface area (TPSA) is 136 Å².